The number of nitriles is 1. The molecule has 14 heavy (non-hydrogen) atoms. The van der Waals surface area contributed by atoms with Gasteiger partial charge >= 0.3 is 0 Å². The van der Waals surface area contributed by atoms with Crippen LogP contribution in [0.2, 0.25) is 0 Å². The van der Waals surface area contributed by atoms with E-state index in [1.165, 1.54) is 13.2 Å². The van der Waals surface area contributed by atoms with Crippen LogP contribution in [-0.4, -0.2) is 12.1 Å². The minimum atomic E-state index is -2.68. The number of hydrogen-bond donors (Lipinski definition) is 0. The molecule has 0 unspecified atom stereocenters. The predicted molar refractivity (Wildman–Crippen MR) is 53.2 cm³/mol. The highest BCUT2D eigenvalue weighted by atomic mass is 127. The Balaban J connectivity index is 3.32. The minimum Gasteiger partial charge on any atom is -0.494 e. The van der Waals surface area contributed by atoms with Crippen LogP contribution < -0.4 is 4.74 Å². The van der Waals surface area contributed by atoms with Gasteiger partial charge in [0.25, 0.3) is 6.43 Å². The van der Waals surface area contributed by atoms with Gasteiger partial charge in [-0.1, -0.05) is 0 Å². The highest BCUT2D eigenvalue weighted by Crippen LogP contribution is 2.27. The minimum absolute atomic E-state index is 0.122. The van der Waals surface area contributed by atoms with Crippen molar-refractivity contribution < 1.29 is 13.5 Å². The maximum atomic E-state index is 12.4. The standard InChI is InChI=1S/C8H5F2IN2O/c1-14-6-2-4(11)7(8(9)10)13-5(6)3-12/h2,8H,1H3. The molecule has 0 atom stereocenters. The molecule has 0 aliphatic rings. The van der Waals surface area contributed by atoms with Crippen LogP contribution in [0, 0.1) is 14.9 Å². The number of hydrogen-bond acceptors (Lipinski definition) is 3. The van der Waals surface area contributed by atoms with Gasteiger partial charge in [0.2, 0.25) is 0 Å². The summed E-state index contributed by atoms with van der Waals surface area (Å²) in [5, 5.41) is 8.61. The highest BCUT2D eigenvalue weighted by Gasteiger charge is 2.17. The van der Waals surface area contributed by atoms with Gasteiger partial charge in [-0.05, 0) is 28.7 Å². The maximum absolute atomic E-state index is 12.4. The zero-order valence-electron chi connectivity index (χ0n) is 7.09. The van der Waals surface area contributed by atoms with Gasteiger partial charge < -0.3 is 4.74 Å². The molecule has 0 N–H and O–H groups in total. The number of aromatic nitrogens is 1. The monoisotopic (exact) mass is 310 g/mol. The van der Waals surface area contributed by atoms with Crippen LogP contribution in [0.25, 0.3) is 0 Å². The van der Waals surface area contributed by atoms with Crippen molar-refractivity contribution in [2.45, 2.75) is 6.43 Å². The summed E-state index contributed by atoms with van der Waals surface area (Å²) in [6.45, 7) is 0. The average Bonchev–Trinajstić information content (AvgIpc) is 2.16. The van der Waals surface area contributed by atoms with E-state index in [1.54, 1.807) is 28.7 Å². The van der Waals surface area contributed by atoms with Crippen molar-refractivity contribution >= 4 is 22.6 Å². The molecule has 0 saturated heterocycles. The Morgan fingerprint density at radius 2 is 2.29 bits per heavy atom. The molecule has 1 aromatic heterocycles. The fourth-order valence-corrected chi connectivity index (χ4v) is 1.51. The van der Waals surface area contributed by atoms with Gasteiger partial charge in [0.15, 0.2) is 11.4 Å². The molecule has 1 aromatic rings. The lowest BCUT2D eigenvalue weighted by Crippen LogP contribution is -2.00. The van der Waals surface area contributed by atoms with E-state index in [9.17, 15) is 8.78 Å². The summed E-state index contributed by atoms with van der Waals surface area (Å²) >= 11 is 1.73. The fraction of sp³-hybridized carbons (Fsp3) is 0.250. The molecular weight excluding hydrogens is 305 g/mol. The molecule has 0 saturated carbocycles. The number of ether oxygens (including phenoxy) is 1. The molecule has 0 bridgehead atoms. The fourth-order valence-electron chi connectivity index (χ4n) is 0.875. The molecule has 1 heterocycles. The van der Waals surface area contributed by atoms with Crippen molar-refractivity contribution in [3.8, 4) is 11.8 Å². The summed E-state index contributed by atoms with van der Waals surface area (Å²) in [6.07, 6.45) is -2.68. The van der Waals surface area contributed by atoms with Crippen LogP contribution >= 0.6 is 22.6 Å². The first kappa shape index (κ1) is 11.1. The van der Waals surface area contributed by atoms with E-state index < -0.39 is 6.43 Å². The maximum Gasteiger partial charge on any atom is 0.281 e. The smallest absolute Gasteiger partial charge is 0.281 e. The Labute approximate surface area is 92.8 Å². The predicted octanol–water partition coefficient (Wildman–Crippen LogP) is 2.50. The molecule has 0 spiro atoms. The number of halogens is 3. The Kier molecular flexibility index (Phi) is 3.57. The van der Waals surface area contributed by atoms with Crippen LogP contribution in [0.3, 0.4) is 0 Å². The van der Waals surface area contributed by atoms with Gasteiger partial charge in [-0.2, -0.15) is 5.26 Å². The van der Waals surface area contributed by atoms with E-state index >= 15 is 0 Å². The highest BCUT2D eigenvalue weighted by molar-refractivity contribution is 14.1. The van der Waals surface area contributed by atoms with Gasteiger partial charge in [0, 0.05) is 3.57 Å². The second kappa shape index (κ2) is 4.50. The van der Waals surface area contributed by atoms with Gasteiger partial charge in [-0.15, -0.1) is 0 Å². The van der Waals surface area contributed by atoms with Gasteiger partial charge in [0.05, 0.1) is 7.11 Å². The zero-order chi connectivity index (χ0) is 10.7. The Hall–Kier alpha value is -0.970. The molecule has 74 valence electrons. The van der Waals surface area contributed by atoms with Crippen molar-refractivity contribution in [1.82, 2.24) is 4.98 Å². The molecule has 1 rings (SSSR count). The Bertz CT molecular complexity index is 390. The first-order chi connectivity index (χ1) is 6.60. The molecule has 6 heteroatoms. The summed E-state index contributed by atoms with van der Waals surface area (Å²) in [6, 6.07) is 3.06. The molecular formula is C8H5F2IN2O. The van der Waals surface area contributed by atoms with Gasteiger partial charge in [-0.25, -0.2) is 13.8 Å². The molecule has 0 amide bonds. The average molecular weight is 310 g/mol. The van der Waals surface area contributed by atoms with Crippen molar-refractivity contribution in [2.75, 3.05) is 7.11 Å². The third kappa shape index (κ3) is 2.09. The summed E-state index contributed by atoms with van der Waals surface area (Å²) in [7, 11) is 1.36. The second-order valence-corrected chi connectivity index (χ2v) is 3.48. The Morgan fingerprint density at radius 3 is 2.71 bits per heavy atom. The molecule has 0 fully saturated rings. The second-order valence-electron chi connectivity index (χ2n) is 2.32. The van der Waals surface area contributed by atoms with Crippen molar-refractivity contribution in [3.63, 3.8) is 0 Å². The molecule has 0 radical (unpaired) electrons. The third-order valence-electron chi connectivity index (χ3n) is 1.50. The van der Waals surface area contributed by atoms with E-state index in [4.69, 9.17) is 10.00 Å². The van der Waals surface area contributed by atoms with Crippen LogP contribution in [0.15, 0.2) is 6.07 Å². The summed E-state index contributed by atoms with van der Waals surface area (Å²) in [5.74, 6) is 0.210. The lowest BCUT2D eigenvalue weighted by Gasteiger charge is -2.06. The first-order valence-electron chi connectivity index (χ1n) is 3.52. The van der Waals surface area contributed by atoms with Gasteiger partial charge in [0.1, 0.15) is 11.8 Å². The van der Waals surface area contributed by atoms with Crippen LogP contribution in [-0.2, 0) is 0 Å². The number of pyridine rings is 1. The van der Waals surface area contributed by atoms with E-state index in [1.807, 2.05) is 0 Å². The van der Waals surface area contributed by atoms with Crippen molar-refractivity contribution in [3.05, 3.63) is 21.0 Å². The van der Waals surface area contributed by atoms with Gasteiger partial charge in [-0.3, -0.25) is 0 Å². The van der Waals surface area contributed by atoms with E-state index in [0.717, 1.165) is 0 Å². The number of nitrogens with zero attached hydrogens (tertiary/aromatic N) is 2. The lowest BCUT2D eigenvalue weighted by molar-refractivity contribution is 0.144. The van der Waals surface area contributed by atoms with Crippen molar-refractivity contribution in [1.29, 1.82) is 5.26 Å². The molecule has 3 nitrogen and oxygen atoms in total. The SMILES string of the molecule is COc1cc(I)c(C(F)F)nc1C#N. The topological polar surface area (TPSA) is 45.9 Å². The number of methoxy groups -OCH3 is 1. The van der Waals surface area contributed by atoms with E-state index in [-0.39, 0.29) is 20.7 Å². The van der Waals surface area contributed by atoms with Crippen LogP contribution in [0.1, 0.15) is 17.8 Å². The van der Waals surface area contributed by atoms with Crippen LogP contribution in [0.4, 0.5) is 8.78 Å². The van der Waals surface area contributed by atoms with Crippen LogP contribution in [0.5, 0.6) is 5.75 Å². The number of alkyl halides is 2. The largest absolute Gasteiger partial charge is 0.494 e. The molecule has 0 aliphatic carbocycles. The molecule has 0 aromatic carbocycles. The summed E-state index contributed by atoms with van der Waals surface area (Å²) in [5.41, 5.74) is -0.508. The summed E-state index contributed by atoms with van der Waals surface area (Å²) < 4.78 is 29.8. The third-order valence-corrected chi connectivity index (χ3v) is 2.36. The molecule has 0 aliphatic heterocycles. The normalized spacial score (nSPS) is 10.0. The lowest BCUT2D eigenvalue weighted by atomic mass is 10.3. The quantitative estimate of drug-likeness (QED) is 0.789. The zero-order valence-corrected chi connectivity index (χ0v) is 9.25. The van der Waals surface area contributed by atoms with E-state index in [2.05, 4.69) is 4.98 Å². The summed E-state index contributed by atoms with van der Waals surface area (Å²) in [4.78, 5) is 3.52. The Morgan fingerprint density at radius 1 is 1.64 bits per heavy atom. The van der Waals surface area contributed by atoms with Crippen molar-refractivity contribution in [2.24, 2.45) is 0 Å². The first-order valence-corrected chi connectivity index (χ1v) is 4.60. The number of rotatable bonds is 2. The van der Waals surface area contributed by atoms with E-state index in [0.29, 0.717) is 0 Å².